The number of amides is 1. The van der Waals surface area contributed by atoms with Gasteiger partial charge in [-0.05, 0) is 41.5 Å². The van der Waals surface area contributed by atoms with Crippen molar-refractivity contribution in [2.45, 2.75) is 12.2 Å². The Morgan fingerprint density at radius 1 is 0.838 bits per heavy atom. The Bertz CT molecular complexity index is 1320. The molecule has 37 heavy (non-hydrogen) atoms. The van der Waals surface area contributed by atoms with Gasteiger partial charge in [0.25, 0.3) is 5.91 Å². The van der Waals surface area contributed by atoms with Gasteiger partial charge >= 0.3 is 12.1 Å². The number of nitrogens with zero attached hydrogens (tertiary/aromatic N) is 1. The third-order valence-corrected chi connectivity index (χ3v) is 5.39. The average Bonchev–Trinajstić information content (AvgIpc) is 2.91. The first kappa shape index (κ1) is 25.4. The molecule has 0 saturated heterocycles. The van der Waals surface area contributed by atoms with Crippen molar-refractivity contribution in [2.75, 3.05) is 11.9 Å². The fraction of sp³-hybridized carbons (Fsp3) is 0.107. The Morgan fingerprint density at radius 2 is 1.49 bits per heavy atom. The van der Waals surface area contributed by atoms with Gasteiger partial charge in [-0.15, -0.1) is 0 Å². The van der Waals surface area contributed by atoms with Crippen LogP contribution < -0.4 is 10.6 Å². The lowest BCUT2D eigenvalue weighted by molar-refractivity contribution is -0.137. The summed E-state index contributed by atoms with van der Waals surface area (Å²) < 4.78 is 44.3. The highest BCUT2D eigenvalue weighted by Gasteiger charge is 2.30. The van der Waals surface area contributed by atoms with E-state index in [1.807, 2.05) is 60.7 Å². The monoisotopic (exact) mass is 505 g/mol. The fourth-order valence-corrected chi connectivity index (χ4v) is 3.64. The van der Waals surface area contributed by atoms with Crippen molar-refractivity contribution in [2.24, 2.45) is 0 Å². The second-order valence-electron chi connectivity index (χ2n) is 8.00. The number of ether oxygens (including phenoxy) is 1. The standard InChI is InChI=1S/C28H22F3N3O3/c29-28(30,31)21-13-7-14-22(17-21)33-26-23(15-8-16-32-26)27(36)37-18-24(35)34-25(19-9-3-1-4-10-19)20-11-5-2-6-12-20/h1-17,25H,18H2,(H,32,33)(H,34,35). The lowest BCUT2D eigenvalue weighted by atomic mass is 9.99. The van der Waals surface area contributed by atoms with Crippen LogP contribution in [-0.4, -0.2) is 23.5 Å². The Labute approximate surface area is 211 Å². The molecule has 0 atom stereocenters. The lowest BCUT2D eigenvalue weighted by Gasteiger charge is -2.20. The number of hydrogen-bond donors (Lipinski definition) is 2. The molecule has 4 aromatic rings. The maximum absolute atomic E-state index is 13.0. The number of hydrogen-bond acceptors (Lipinski definition) is 5. The summed E-state index contributed by atoms with van der Waals surface area (Å²) in [4.78, 5) is 29.5. The zero-order chi connectivity index (χ0) is 26.3. The summed E-state index contributed by atoms with van der Waals surface area (Å²) >= 11 is 0. The number of esters is 1. The first-order valence-electron chi connectivity index (χ1n) is 11.3. The molecule has 1 amide bonds. The van der Waals surface area contributed by atoms with Crippen LogP contribution in [0, 0.1) is 0 Å². The molecule has 0 saturated carbocycles. The van der Waals surface area contributed by atoms with E-state index in [9.17, 15) is 22.8 Å². The molecule has 0 aliphatic rings. The maximum atomic E-state index is 13.0. The molecule has 1 heterocycles. The Morgan fingerprint density at radius 3 is 2.11 bits per heavy atom. The number of aromatic nitrogens is 1. The number of rotatable bonds is 8. The third-order valence-electron chi connectivity index (χ3n) is 5.39. The van der Waals surface area contributed by atoms with Crippen LogP contribution in [0.5, 0.6) is 0 Å². The Hall–Kier alpha value is -4.66. The summed E-state index contributed by atoms with van der Waals surface area (Å²) in [6.07, 6.45) is -3.14. The van der Waals surface area contributed by atoms with Crippen LogP contribution in [0.15, 0.2) is 103 Å². The number of carbonyl (C=O) groups excluding carboxylic acids is 2. The SMILES string of the molecule is O=C(COC(=O)c1cccnc1Nc1cccc(C(F)(F)F)c1)NC(c1ccccc1)c1ccccc1. The summed E-state index contributed by atoms with van der Waals surface area (Å²) in [6, 6.07) is 25.6. The highest BCUT2D eigenvalue weighted by molar-refractivity contribution is 5.96. The third kappa shape index (κ3) is 6.72. The summed E-state index contributed by atoms with van der Waals surface area (Å²) in [6.45, 7) is -0.563. The predicted molar refractivity (Wildman–Crippen MR) is 132 cm³/mol. The van der Waals surface area contributed by atoms with E-state index in [2.05, 4.69) is 15.6 Å². The van der Waals surface area contributed by atoms with Crippen LogP contribution in [0.3, 0.4) is 0 Å². The highest BCUT2D eigenvalue weighted by atomic mass is 19.4. The van der Waals surface area contributed by atoms with E-state index in [4.69, 9.17) is 4.74 Å². The number of carbonyl (C=O) groups is 2. The van der Waals surface area contributed by atoms with Crippen molar-refractivity contribution in [3.05, 3.63) is 126 Å². The molecule has 1 aromatic heterocycles. The normalized spacial score (nSPS) is 11.1. The van der Waals surface area contributed by atoms with Gasteiger partial charge in [0.15, 0.2) is 6.61 Å². The van der Waals surface area contributed by atoms with Crippen LogP contribution >= 0.6 is 0 Å². The molecule has 0 bridgehead atoms. The second kappa shape index (κ2) is 11.4. The van der Waals surface area contributed by atoms with Gasteiger partial charge in [-0.2, -0.15) is 13.2 Å². The lowest BCUT2D eigenvalue weighted by Crippen LogP contribution is -2.33. The van der Waals surface area contributed by atoms with Gasteiger partial charge in [-0.3, -0.25) is 4.79 Å². The van der Waals surface area contributed by atoms with Gasteiger partial charge < -0.3 is 15.4 Å². The maximum Gasteiger partial charge on any atom is 0.416 e. The number of pyridine rings is 1. The summed E-state index contributed by atoms with van der Waals surface area (Å²) in [5.41, 5.74) is 0.922. The number of anilines is 2. The number of benzene rings is 3. The van der Waals surface area contributed by atoms with E-state index in [-0.39, 0.29) is 17.1 Å². The van der Waals surface area contributed by atoms with Gasteiger partial charge in [-0.1, -0.05) is 66.7 Å². The minimum absolute atomic E-state index is 0.00122. The van der Waals surface area contributed by atoms with Gasteiger partial charge in [0.1, 0.15) is 11.4 Å². The Kier molecular flexibility index (Phi) is 7.83. The van der Waals surface area contributed by atoms with Gasteiger partial charge in [0.05, 0.1) is 11.6 Å². The minimum atomic E-state index is -4.52. The smallest absolute Gasteiger partial charge is 0.416 e. The number of nitrogens with one attached hydrogen (secondary N) is 2. The van der Waals surface area contributed by atoms with E-state index in [1.165, 1.54) is 30.5 Å². The van der Waals surface area contributed by atoms with Crippen LogP contribution in [-0.2, 0) is 15.7 Å². The zero-order valence-electron chi connectivity index (χ0n) is 19.4. The molecular weight excluding hydrogens is 483 g/mol. The number of alkyl halides is 3. The van der Waals surface area contributed by atoms with Crippen molar-refractivity contribution in [3.8, 4) is 0 Å². The van der Waals surface area contributed by atoms with Crippen LogP contribution in [0.1, 0.15) is 33.1 Å². The molecular formula is C28H22F3N3O3. The molecule has 188 valence electrons. The quantitative estimate of drug-likeness (QED) is 0.291. The van der Waals surface area contributed by atoms with Crippen LogP contribution in [0.2, 0.25) is 0 Å². The van der Waals surface area contributed by atoms with Gasteiger partial charge in [0.2, 0.25) is 0 Å². The molecule has 0 fully saturated rings. The van der Waals surface area contributed by atoms with Crippen LogP contribution in [0.25, 0.3) is 0 Å². The summed E-state index contributed by atoms with van der Waals surface area (Å²) in [5, 5.41) is 5.59. The van der Waals surface area contributed by atoms with E-state index < -0.39 is 36.3 Å². The molecule has 0 aliphatic carbocycles. The summed E-state index contributed by atoms with van der Waals surface area (Å²) in [5.74, 6) is -1.38. The van der Waals surface area contributed by atoms with Crippen molar-refractivity contribution in [3.63, 3.8) is 0 Å². The van der Waals surface area contributed by atoms with Gasteiger partial charge in [-0.25, -0.2) is 9.78 Å². The zero-order valence-corrected chi connectivity index (χ0v) is 19.4. The molecule has 0 radical (unpaired) electrons. The van der Waals surface area contributed by atoms with E-state index in [0.717, 1.165) is 23.3 Å². The molecule has 6 nitrogen and oxygen atoms in total. The van der Waals surface area contributed by atoms with Crippen molar-refractivity contribution >= 4 is 23.4 Å². The van der Waals surface area contributed by atoms with E-state index in [1.54, 1.807) is 0 Å². The largest absolute Gasteiger partial charge is 0.452 e. The fourth-order valence-electron chi connectivity index (χ4n) is 3.64. The van der Waals surface area contributed by atoms with Gasteiger partial charge in [0, 0.05) is 11.9 Å². The number of halogens is 3. The first-order valence-corrected chi connectivity index (χ1v) is 11.3. The van der Waals surface area contributed by atoms with E-state index in [0.29, 0.717) is 0 Å². The molecule has 3 aromatic carbocycles. The molecule has 4 rings (SSSR count). The molecule has 0 spiro atoms. The topological polar surface area (TPSA) is 80.3 Å². The summed E-state index contributed by atoms with van der Waals surface area (Å²) in [7, 11) is 0. The van der Waals surface area contributed by atoms with E-state index >= 15 is 0 Å². The molecule has 9 heteroatoms. The first-order chi connectivity index (χ1) is 17.8. The predicted octanol–water partition coefficient (Wildman–Crippen LogP) is 5.91. The van der Waals surface area contributed by atoms with Crippen LogP contribution in [0.4, 0.5) is 24.7 Å². The Balaban J connectivity index is 1.44. The molecule has 0 aliphatic heterocycles. The molecule has 2 N–H and O–H groups in total. The second-order valence-corrected chi connectivity index (χ2v) is 8.00. The highest BCUT2D eigenvalue weighted by Crippen LogP contribution is 2.31. The average molecular weight is 505 g/mol. The minimum Gasteiger partial charge on any atom is -0.452 e. The molecule has 0 unspecified atom stereocenters. The van der Waals surface area contributed by atoms with Crippen molar-refractivity contribution < 1.29 is 27.5 Å². The van der Waals surface area contributed by atoms with Crippen molar-refractivity contribution in [1.29, 1.82) is 0 Å². The van der Waals surface area contributed by atoms with Crippen molar-refractivity contribution in [1.82, 2.24) is 10.3 Å².